The van der Waals surface area contributed by atoms with E-state index in [-0.39, 0.29) is 18.5 Å². The average Bonchev–Trinajstić information content (AvgIpc) is 3.43. The first-order chi connectivity index (χ1) is 18.0. The van der Waals surface area contributed by atoms with Crippen LogP contribution in [0.4, 0.5) is 0 Å². The van der Waals surface area contributed by atoms with Crippen molar-refractivity contribution in [2.75, 3.05) is 13.2 Å². The van der Waals surface area contributed by atoms with E-state index in [2.05, 4.69) is 55.5 Å². The second-order valence-electron chi connectivity index (χ2n) is 11.5. The van der Waals surface area contributed by atoms with Crippen molar-refractivity contribution in [3.05, 3.63) is 60.2 Å². The molecule has 0 N–H and O–H groups in total. The summed E-state index contributed by atoms with van der Waals surface area (Å²) in [7, 11) is 0. The van der Waals surface area contributed by atoms with E-state index >= 15 is 0 Å². The topological polar surface area (TPSA) is 55.4 Å². The first-order valence-corrected chi connectivity index (χ1v) is 14.0. The van der Waals surface area contributed by atoms with Gasteiger partial charge < -0.3 is 28.4 Å². The molecule has 7 atom stereocenters. The van der Waals surface area contributed by atoms with Crippen LogP contribution < -0.4 is 0 Å². The van der Waals surface area contributed by atoms with Crippen LogP contribution >= 0.6 is 0 Å². The van der Waals surface area contributed by atoms with Crippen LogP contribution in [0, 0.1) is 11.8 Å². The van der Waals surface area contributed by atoms with Crippen LogP contribution in [0.25, 0.3) is 11.1 Å². The van der Waals surface area contributed by atoms with Crippen LogP contribution in [-0.2, 0) is 35.0 Å². The molecular formula is C31H40O6. The predicted molar refractivity (Wildman–Crippen MR) is 140 cm³/mol. The second-order valence-corrected chi connectivity index (χ2v) is 11.5. The highest BCUT2D eigenvalue weighted by Gasteiger charge is 2.63. The molecular weight excluding hydrogens is 468 g/mol. The third-order valence-corrected chi connectivity index (χ3v) is 8.23. The highest BCUT2D eigenvalue weighted by atomic mass is 16.9. The van der Waals surface area contributed by atoms with Crippen molar-refractivity contribution in [1.29, 1.82) is 0 Å². The number of hydrogen-bond acceptors (Lipinski definition) is 6. The molecule has 0 bridgehead atoms. The molecule has 3 heterocycles. The number of fused-ring (bicyclic) bond motifs is 1. The smallest absolute Gasteiger partial charge is 0.224 e. The van der Waals surface area contributed by atoms with E-state index in [9.17, 15) is 0 Å². The summed E-state index contributed by atoms with van der Waals surface area (Å²) in [4.78, 5) is 0. The summed E-state index contributed by atoms with van der Waals surface area (Å²) >= 11 is 0. The van der Waals surface area contributed by atoms with Gasteiger partial charge in [-0.2, -0.15) is 0 Å². The number of ether oxygens (including phenoxy) is 6. The molecule has 4 fully saturated rings. The van der Waals surface area contributed by atoms with Crippen LogP contribution in [0.1, 0.15) is 58.4 Å². The zero-order chi connectivity index (χ0) is 25.5. The van der Waals surface area contributed by atoms with Gasteiger partial charge in [0.05, 0.1) is 13.2 Å². The van der Waals surface area contributed by atoms with Gasteiger partial charge in [-0.3, -0.25) is 0 Å². The highest BCUT2D eigenvalue weighted by molar-refractivity contribution is 5.63. The lowest BCUT2D eigenvalue weighted by Crippen LogP contribution is -2.62. The third-order valence-electron chi connectivity index (χ3n) is 8.23. The van der Waals surface area contributed by atoms with Gasteiger partial charge in [0.2, 0.25) is 5.79 Å². The molecule has 0 radical (unpaired) electrons. The summed E-state index contributed by atoms with van der Waals surface area (Å²) in [6.07, 6.45) is 5.24. The SMILES string of the molecule is CCCCC[C@H]1C[C@@H]1[C@@H]1O[C@@H]2[C@@H](CO[C@]3(COC(C)(C)O3)[C@H]2OCc2ccc(-c3ccccc3)cc2)O1. The molecule has 3 saturated heterocycles. The standard InChI is InChI=1S/C31H40O6/c1-4-5-7-12-24-17-25(24)29-35-26-19-33-31(20-34-30(2,3)37-31)28(27(26)36-29)32-18-21-13-15-23(16-14-21)22-10-8-6-9-11-22/h6,8-11,13-16,24-29H,4-5,7,12,17-20H2,1-3H3/t24-,25-,26+,27+,28-,29-,31-/m0/s1. The van der Waals surface area contributed by atoms with E-state index in [4.69, 9.17) is 28.4 Å². The molecule has 4 aliphatic rings. The zero-order valence-corrected chi connectivity index (χ0v) is 22.3. The number of rotatable bonds is 9. The number of hydrogen-bond donors (Lipinski definition) is 0. The second kappa shape index (κ2) is 10.4. The van der Waals surface area contributed by atoms with E-state index in [0.29, 0.717) is 31.7 Å². The Hall–Kier alpha value is -1.80. The van der Waals surface area contributed by atoms with Gasteiger partial charge >= 0.3 is 0 Å². The van der Waals surface area contributed by atoms with Gasteiger partial charge in [-0.05, 0) is 49.3 Å². The molecule has 6 rings (SSSR count). The zero-order valence-electron chi connectivity index (χ0n) is 22.3. The molecule has 6 heteroatoms. The minimum absolute atomic E-state index is 0.162. The molecule has 200 valence electrons. The quantitative estimate of drug-likeness (QED) is 0.383. The fourth-order valence-electron chi connectivity index (χ4n) is 6.07. The molecule has 0 amide bonds. The summed E-state index contributed by atoms with van der Waals surface area (Å²) in [6, 6.07) is 18.9. The molecule has 6 nitrogen and oxygen atoms in total. The Bertz CT molecular complexity index is 1040. The van der Waals surface area contributed by atoms with Gasteiger partial charge in [0, 0.05) is 5.92 Å². The molecule has 2 aromatic rings. The molecule has 0 unspecified atom stereocenters. The summed E-state index contributed by atoms with van der Waals surface area (Å²) in [6.45, 7) is 7.22. The minimum Gasteiger partial charge on any atom is -0.365 e. The molecule has 1 spiro atoms. The fraction of sp³-hybridized carbons (Fsp3) is 0.613. The molecule has 1 aliphatic carbocycles. The third kappa shape index (κ3) is 5.38. The summed E-state index contributed by atoms with van der Waals surface area (Å²) < 4.78 is 38.2. The van der Waals surface area contributed by atoms with Gasteiger partial charge in [0.25, 0.3) is 0 Å². The van der Waals surface area contributed by atoms with E-state index in [1.54, 1.807) is 0 Å². The molecule has 3 aliphatic heterocycles. The Balaban J connectivity index is 1.15. The van der Waals surface area contributed by atoms with Crippen molar-refractivity contribution in [2.24, 2.45) is 11.8 Å². The highest BCUT2D eigenvalue weighted by Crippen LogP contribution is 2.51. The minimum atomic E-state index is -1.00. The monoisotopic (exact) mass is 508 g/mol. The summed E-state index contributed by atoms with van der Waals surface area (Å²) in [5.74, 6) is -0.566. The Morgan fingerprint density at radius 1 is 0.919 bits per heavy atom. The first kappa shape index (κ1) is 25.5. The molecule has 1 saturated carbocycles. The molecule has 0 aromatic heterocycles. The van der Waals surface area contributed by atoms with Crippen LogP contribution in [0.15, 0.2) is 54.6 Å². The Labute approximate surface area is 220 Å². The van der Waals surface area contributed by atoms with Crippen molar-refractivity contribution in [2.45, 2.75) is 95.7 Å². The van der Waals surface area contributed by atoms with Gasteiger partial charge in [-0.25, -0.2) is 0 Å². The Morgan fingerprint density at radius 3 is 2.43 bits per heavy atom. The van der Waals surface area contributed by atoms with Crippen LogP contribution in [0.2, 0.25) is 0 Å². The molecule has 37 heavy (non-hydrogen) atoms. The maximum Gasteiger partial charge on any atom is 0.224 e. The lowest BCUT2D eigenvalue weighted by atomic mass is 9.97. The number of benzene rings is 2. The van der Waals surface area contributed by atoms with Gasteiger partial charge in [-0.1, -0.05) is 80.8 Å². The van der Waals surface area contributed by atoms with Crippen LogP contribution in [0.5, 0.6) is 0 Å². The van der Waals surface area contributed by atoms with Crippen molar-refractivity contribution < 1.29 is 28.4 Å². The van der Waals surface area contributed by atoms with E-state index in [1.807, 2.05) is 19.9 Å². The number of unbranched alkanes of at least 4 members (excludes halogenated alkanes) is 2. The maximum absolute atomic E-state index is 6.60. The van der Waals surface area contributed by atoms with Crippen LogP contribution in [-0.4, -0.2) is 49.4 Å². The van der Waals surface area contributed by atoms with Gasteiger partial charge in [0.1, 0.15) is 24.9 Å². The largest absolute Gasteiger partial charge is 0.365 e. The van der Waals surface area contributed by atoms with Crippen molar-refractivity contribution in [1.82, 2.24) is 0 Å². The lowest BCUT2D eigenvalue weighted by Gasteiger charge is -2.43. The van der Waals surface area contributed by atoms with Crippen LogP contribution in [0.3, 0.4) is 0 Å². The van der Waals surface area contributed by atoms with Gasteiger partial charge in [0.15, 0.2) is 12.1 Å². The Morgan fingerprint density at radius 2 is 1.70 bits per heavy atom. The Kier molecular flexibility index (Phi) is 7.16. The van der Waals surface area contributed by atoms with Gasteiger partial charge in [-0.15, -0.1) is 0 Å². The van der Waals surface area contributed by atoms with E-state index in [1.165, 1.54) is 43.2 Å². The van der Waals surface area contributed by atoms with E-state index in [0.717, 1.165) is 5.56 Å². The normalized spacial score (nSPS) is 36.1. The lowest BCUT2D eigenvalue weighted by molar-refractivity contribution is -0.336. The maximum atomic E-state index is 6.60. The average molecular weight is 509 g/mol. The summed E-state index contributed by atoms with van der Waals surface area (Å²) in [5, 5.41) is 0. The summed E-state index contributed by atoms with van der Waals surface area (Å²) in [5.41, 5.74) is 3.47. The van der Waals surface area contributed by atoms with Crippen molar-refractivity contribution >= 4 is 0 Å². The van der Waals surface area contributed by atoms with Crippen molar-refractivity contribution in [3.8, 4) is 11.1 Å². The van der Waals surface area contributed by atoms with Crippen molar-refractivity contribution in [3.63, 3.8) is 0 Å². The van der Waals surface area contributed by atoms with E-state index < -0.39 is 17.7 Å². The molecule has 2 aromatic carbocycles. The predicted octanol–water partition coefficient (Wildman–Crippen LogP) is 6.07. The fourth-order valence-corrected chi connectivity index (χ4v) is 6.07. The first-order valence-electron chi connectivity index (χ1n) is 14.0.